The summed E-state index contributed by atoms with van der Waals surface area (Å²) >= 11 is -0.143. The average molecular weight is 306 g/mol. The second kappa shape index (κ2) is 8.16. The molecule has 0 heterocycles. The van der Waals surface area contributed by atoms with Crippen LogP contribution in [0.25, 0.3) is 0 Å². The molecule has 0 aliphatic rings. The van der Waals surface area contributed by atoms with E-state index in [2.05, 4.69) is 5.32 Å². The van der Waals surface area contributed by atoms with Crippen LogP contribution < -0.4 is 11.1 Å². The van der Waals surface area contributed by atoms with Crippen LogP contribution in [0.1, 0.15) is 24.4 Å². The van der Waals surface area contributed by atoms with E-state index >= 15 is 0 Å². The minimum absolute atomic E-state index is 0.00356. The van der Waals surface area contributed by atoms with Crippen LogP contribution in [-0.4, -0.2) is 23.7 Å². The number of carbonyl (C=O) groups is 1. The zero-order chi connectivity index (χ0) is 15.0. The van der Waals surface area contributed by atoms with Crippen LogP contribution in [0.15, 0.2) is 30.3 Å². The molecule has 0 radical (unpaired) electrons. The zero-order valence-corrected chi connectivity index (χ0v) is 11.6. The highest BCUT2D eigenvalue weighted by molar-refractivity contribution is 8.00. The quantitative estimate of drug-likeness (QED) is 0.762. The van der Waals surface area contributed by atoms with Gasteiger partial charge in [0.05, 0.1) is 0 Å². The third-order valence-corrected chi connectivity index (χ3v) is 3.34. The molecule has 1 unspecified atom stereocenters. The predicted molar refractivity (Wildman–Crippen MR) is 74.1 cm³/mol. The molecule has 0 spiro atoms. The number of amides is 1. The lowest BCUT2D eigenvalue weighted by Crippen LogP contribution is -2.27. The van der Waals surface area contributed by atoms with Crippen molar-refractivity contribution >= 4 is 17.7 Å². The summed E-state index contributed by atoms with van der Waals surface area (Å²) in [6, 6.07) is 9.12. The van der Waals surface area contributed by atoms with Gasteiger partial charge in [-0.1, -0.05) is 30.3 Å². The van der Waals surface area contributed by atoms with Gasteiger partial charge in [-0.2, -0.15) is 13.2 Å². The van der Waals surface area contributed by atoms with Crippen LogP contribution in [-0.2, 0) is 4.79 Å². The molecule has 1 atom stereocenters. The van der Waals surface area contributed by atoms with Crippen LogP contribution >= 0.6 is 11.8 Å². The van der Waals surface area contributed by atoms with Gasteiger partial charge in [0.25, 0.3) is 0 Å². The Morgan fingerprint density at radius 1 is 1.30 bits per heavy atom. The second-order valence-corrected chi connectivity index (χ2v) is 5.36. The van der Waals surface area contributed by atoms with Crippen LogP contribution in [0.5, 0.6) is 0 Å². The molecule has 0 bridgehead atoms. The molecule has 0 saturated carbocycles. The largest absolute Gasteiger partial charge is 0.441 e. The van der Waals surface area contributed by atoms with Gasteiger partial charge in [-0.25, -0.2) is 0 Å². The molecule has 1 aromatic carbocycles. The maximum Gasteiger partial charge on any atom is 0.441 e. The molecule has 0 saturated heterocycles. The number of halogens is 3. The molecule has 0 aromatic heterocycles. The average Bonchev–Trinajstić information content (AvgIpc) is 2.41. The SMILES string of the molecule is NC(CCC(=O)NCCSC(F)(F)F)c1ccccc1. The molecule has 0 aliphatic heterocycles. The molecular formula is C13H17F3N2OS. The fraction of sp³-hybridized carbons (Fsp3) is 0.462. The Morgan fingerprint density at radius 3 is 2.55 bits per heavy atom. The van der Waals surface area contributed by atoms with Crippen molar-refractivity contribution in [2.45, 2.75) is 24.4 Å². The van der Waals surface area contributed by atoms with Crippen molar-refractivity contribution in [3.8, 4) is 0 Å². The van der Waals surface area contributed by atoms with Gasteiger partial charge in [0.1, 0.15) is 0 Å². The Bertz CT molecular complexity index is 412. The van der Waals surface area contributed by atoms with Gasteiger partial charge in [-0.3, -0.25) is 4.79 Å². The highest BCUT2D eigenvalue weighted by Crippen LogP contribution is 2.29. The highest BCUT2D eigenvalue weighted by Gasteiger charge is 2.27. The first-order chi connectivity index (χ1) is 9.38. The Kier molecular flexibility index (Phi) is 6.87. The van der Waals surface area contributed by atoms with Crippen molar-refractivity contribution in [1.29, 1.82) is 0 Å². The molecule has 7 heteroatoms. The Morgan fingerprint density at radius 2 is 1.95 bits per heavy atom. The maximum atomic E-state index is 11.9. The van der Waals surface area contributed by atoms with E-state index in [1.807, 2.05) is 30.3 Å². The summed E-state index contributed by atoms with van der Waals surface area (Å²) in [7, 11) is 0. The molecule has 1 amide bonds. The Balaban J connectivity index is 2.17. The topological polar surface area (TPSA) is 55.1 Å². The number of alkyl halides is 3. The van der Waals surface area contributed by atoms with E-state index in [9.17, 15) is 18.0 Å². The molecule has 1 rings (SSSR count). The standard InChI is InChI=1S/C13H17F3N2OS/c14-13(15,16)20-9-8-18-12(19)7-6-11(17)10-4-2-1-3-5-10/h1-5,11H,6-9,17H2,(H,18,19). The fourth-order valence-electron chi connectivity index (χ4n) is 1.60. The van der Waals surface area contributed by atoms with Crippen molar-refractivity contribution in [1.82, 2.24) is 5.32 Å². The third kappa shape index (κ3) is 7.40. The van der Waals surface area contributed by atoms with Crippen LogP contribution in [0.2, 0.25) is 0 Å². The van der Waals surface area contributed by atoms with Gasteiger partial charge in [-0.05, 0) is 23.7 Å². The predicted octanol–water partition coefficient (Wildman–Crippen LogP) is 2.84. The minimum atomic E-state index is -4.25. The number of nitrogens with two attached hydrogens (primary N) is 1. The summed E-state index contributed by atoms with van der Waals surface area (Å²) in [5.41, 5.74) is 2.61. The van der Waals surface area contributed by atoms with Gasteiger partial charge in [0.15, 0.2) is 0 Å². The van der Waals surface area contributed by atoms with E-state index in [0.29, 0.717) is 6.42 Å². The van der Waals surface area contributed by atoms with Gasteiger partial charge in [0, 0.05) is 24.8 Å². The molecule has 3 N–H and O–H groups in total. The fourth-order valence-corrected chi connectivity index (χ4v) is 2.03. The number of thioether (sulfide) groups is 1. The second-order valence-electron chi connectivity index (χ2n) is 4.20. The molecule has 0 fully saturated rings. The minimum Gasteiger partial charge on any atom is -0.355 e. The van der Waals surface area contributed by atoms with Crippen molar-refractivity contribution < 1.29 is 18.0 Å². The van der Waals surface area contributed by atoms with Gasteiger partial charge < -0.3 is 11.1 Å². The van der Waals surface area contributed by atoms with Crippen LogP contribution in [0.4, 0.5) is 13.2 Å². The normalized spacial score (nSPS) is 13.0. The van der Waals surface area contributed by atoms with Gasteiger partial charge in [0.2, 0.25) is 5.91 Å². The van der Waals surface area contributed by atoms with Crippen LogP contribution in [0, 0.1) is 0 Å². The Labute approximate surface area is 120 Å². The molecule has 0 aliphatic carbocycles. The number of rotatable bonds is 7. The first-order valence-electron chi connectivity index (χ1n) is 6.16. The van der Waals surface area contributed by atoms with Gasteiger partial charge in [-0.15, -0.1) is 0 Å². The number of nitrogens with one attached hydrogen (secondary N) is 1. The summed E-state index contributed by atoms with van der Waals surface area (Å²) in [6.07, 6.45) is 0.662. The van der Waals surface area contributed by atoms with Gasteiger partial charge >= 0.3 is 5.51 Å². The lowest BCUT2D eigenvalue weighted by Gasteiger charge is -2.12. The van der Waals surface area contributed by atoms with Crippen LogP contribution in [0.3, 0.4) is 0 Å². The summed E-state index contributed by atoms with van der Waals surface area (Å²) in [5.74, 6) is -0.459. The lowest BCUT2D eigenvalue weighted by molar-refractivity contribution is -0.121. The van der Waals surface area contributed by atoms with E-state index in [1.54, 1.807) is 0 Å². The highest BCUT2D eigenvalue weighted by atomic mass is 32.2. The number of benzene rings is 1. The monoisotopic (exact) mass is 306 g/mol. The molecule has 112 valence electrons. The van der Waals surface area contributed by atoms with E-state index in [0.717, 1.165) is 5.56 Å². The smallest absolute Gasteiger partial charge is 0.355 e. The zero-order valence-electron chi connectivity index (χ0n) is 10.8. The molecule has 1 aromatic rings. The van der Waals surface area contributed by atoms with Crippen molar-refractivity contribution in [3.63, 3.8) is 0 Å². The first kappa shape index (κ1) is 16.8. The summed E-state index contributed by atoms with van der Waals surface area (Å²) in [6.45, 7) is 0.00356. The van der Waals surface area contributed by atoms with E-state index in [1.165, 1.54) is 0 Å². The first-order valence-corrected chi connectivity index (χ1v) is 7.15. The van der Waals surface area contributed by atoms with Crippen molar-refractivity contribution in [3.05, 3.63) is 35.9 Å². The summed E-state index contributed by atoms with van der Waals surface area (Å²) in [5, 5.41) is 2.45. The summed E-state index contributed by atoms with van der Waals surface area (Å²) < 4.78 is 35.6. The van der Waals surface area contributed by atoms with E-state index in [4.69, 9.17) is 5.73 Å². The van der Waals surface area contributed by atoms with E-state index in [-0.39, 0.29) is 42.4 Å². The maximum absolute atomic E-state index is 11.9. The molecule has 3 nitrogen and oxygen atoms in total. The number of carbonyl (C=O) groups excluding carboxylic acids is 1. The number of hydrogen-bond donors (Lipinski definition) is 2. The van der Waals surface area contributed by atoms with Crippen molar-refractivity contribution in [2.75, 3.05) is 12.3 Å². The third-order valence-electron chi connectivity index (χ3n) is 2.60. The molecule has 20 heavy (non-hydrogen) atoms. The summed E-state index contributed by atoms with van der Waals surface area (Å²) in [4.78, 5) is 11.4. The van der Waals surface area contributed by atoms with E-state index < -0.39 is 5.51 Å². The van der Waals surface area contributed by atoms with Crippen molar-refractivity contribution in [2.24, 2.45) is 5.73 Å². The lowest BCUT2D eigenvalue weighted by atomic mass is 10.0. The Hall–Kier alpha value is -1.21. The number of hydrogen-bond acceptors (Lipinski definition) is 3. The molecular weight excluding hydrogens is 289 g/mol.